The quantitative estimate of drug-likeness (QED) is 0.417. The monoisotopic (exact) mass is 481 g/mol. The van der Waals surface area contributed by atoms with Crippen LogP contribution in [0.2, 0.25) is 10.0 Å². The Bertz CT molecular complexity index is 1130. The lowest BCUT2D eigenvalue weighted by molar-refractivity contribution is 0.0992. The summed E-state index contributed by atoms with van der Waals surface area (Å²) in [5, 5.41) is 3.62. The highest BCUT2D eigenvalue weighted by atomic mass is 35.5. The maximum atomic E-state index is 13.0. The molecule has 2 aromatic carbocycles. The fourth-order valence-corrected chi connectivity index (χ4v) is 4.28. The fourth-order valence-electron chi connectivity index (χ4n) is 3.99. The van der Waals surface area contributed by atoms with Crippen LogP contribution in [0.1, 0.15) is 51.1 Å². The summed E-state index contributed by atoms with van der Waals surface area (Å²) in [5.74, 6) is -0.0709. The van der Waals surface area contributed by atoms with Gasteiger partial charge in [-0.25, -0.2) is 4.98 Å². The smallest absolute Gasteiger partial charge is 0.257 e. The third-order valence-electron chi connectivity index (χ3n) is 5.77. The molecule has 1 aromatic heterocycles. The molecule has 1 aliphatic rings. The van der Waals surface area contributed by atoms with Crippen molar-refractivity contribution in [3.8, 4) is 0 Å². The normalized spacial score (nSPS) is 14.1. The van der Waals surface area contributed by atoms with Crippen LogP contribution in [-0.2, 0) is 13.0 Å². The van der Waals surface area contributed by atoms with Gasteiger partial charge in [0.05, 0.1) is 5.02 Å². The van der Waals surface area contributed by atoms with Crippen LogP contribution in [0.25, 0.3) is 0 Å². The van der Waals surface area contributed by atoms with Crippen molar-refractivity contribution in [1.29, 1.82) is 0 Å². The number of amides is 1. The maximum absolute atomic E-state index is 13.0. The minimum Gasteiger partial charge on any atom is -0.307 e. The number of hydrogen-bond acceptors (Lipinski definition) is 4. The van der Waals surface area contributed by atoms with Crippen molar-refractivity contribution in [2.24, 2.45) is 0 Å². The van der Waals surface area contributed by atoms with Crippen molar-refractivity contribution in [3.63, 3.8) is 0 Å². The summed E-state index contributed by atoms with van der Waals surface area (Å²) in [6.45, 7) is 3.18. The topological polar surface area (TPSA) is 62.3 Å². The Labute approximate surface area is 203 Å². The summed E-state index contributed by atoms with van der Waals surface area (Å²) < 4.78 is 0. The minimum absolute atomic E-state index is 0.0551. The van der Waals surface area contributed by atoms with Gasteiger partial charge in [0.15, 0.2) is 5.78 Å². The van der Waals surface area contributed by atoms with E-state index in [2.05, 4.69) is 15.2 Å². The van der Waals surface area contributed by atoms with Gasteiger partial charge < -0.3 is 5.32 Å². The van der Waals surface area contributed by atoms with E-state index < -0.39 is 0 Å². The zero-order chi connectivity index (χ0) is 23.2. The van der Waals surface area contributed by atoms with Crippen LogP contribution in [0.5, 0.6) is 0 Å². The van der Waals surface area contributed by atoms with Gasteiger partial charge in [0.25, 0.3) is 5.91 Å². The number of nitrogens with zero attached hydrogens (tertiary/aromatic N) is 2. The number of likely N-dealkylation sites (tertiary alicyclic amines) is 1. The zero-order valence-corrected chi connectivity index (χ0v) is 19.7. The van der Waals surface area contributed by atoms with Crippen LogP contribution >= 0.6 is 23.2 Å². The molecule has 0 saturated carbocycles. The summed E-state index contributed by atoms with van der Waals surface area (Å²) in [7, 11) is 0. The maximum Gasteiger partial charge on any atom is 0.257 e. The minimum atomic E-state index is -0.382. The number of nitrogens with one attached hydrogen (secondary N) is 1. The third-order valence-corrected chi connectivity index (χ3v) is 6.23. The van der Waals surface area contributed by atoms with E-state index >= 15 is 0 Å². The zero-order valence-electron chi connectivity index (χ0n) is 18.2. The molecule has 0 atom stereocenters. The first-order valence-electron chi connectivity index (χ1n) is 11.0. The Balaban J connectivity index is 1.45. The molecular weight excluding hydrogens is 457 g/mol. The number of Topliss-reactive ketones (excluding diaryl/α,β-unsaturated/α-hetero) is 1. The molecule has 1 amide bonds. The molecule has 4 rings (SSSR count). The fraction of sp³-hybridized carbons (Fsp3) is 0.269. The van der Waals surface area contributed by atoms with Crippen LogP contribution in [-0.4, -0.2) is 34.7 Å². The van der Waals surface area contributed by atoms with Gasteiger partial charge in [-0.05, 0) is 61.3 Å². The van der Waals surface area contributed by atoms with Crippen molar-refractivity contribution in [2.45, 2.75) is 32.2 Å². The van der Waals surface area contributed by atoms with E-state index in [1.807, 2.05) is 24.3 Å². The summed E-state index contributed by atoms with van der Waals surface area (Å²) in [6, 6.07) is 16.0. The van der Waals surface area contributed by atoms with Crippen LogP contribution in [0.4, 0.5) is 5.82 Å². The van der Waals surface area contributed by atoms with E-state index in [-0.39, 0.29) is 18.1 Å². The molecule has 1 saturated heterocycles. The standard InChI is InChI=1S/C26H25Cl2N3O2/c27-21-9-8-20(23(15-21)26(33)30-25-11-10-22(28)16-29-25)14-24(32)19-6-4-18(5-7-19)17-31-12-2-1-3-13-31/h4-11,15-16H,1-3,12-14,17H2,(H,29,30,33). The number of anilines is 1. The molecule has 33 heavy (non-hydrogen) atoms. The van der Waals surface area contributed by atoms with Crippen molar-refractivity contribution < 1.29 is 9.59 Å². The molecule has 170 valence electrons. The lowest BCUT2D eigenvalue weighted by Crippen LogP contribution is -2.29. The number of piperidine rings is 1. The van der Waals surface area contributed by atoms with E-state index in [1.54, 1.807) is 30.3 Å². The molecule has 1 N–H and O–H groups in total. The Morgan fingerprint density at radius 1 is 0.909 bits per heavy atom. The molecule has 2 heterocycles. The number of ketones is 1. The Hall–Kier alpha value is -2.73. The third kappa shape index (κ3) is 6.41. The molecular formula is C26H25Cl2N3O2. The highest BCUT2D eigenvalue weighted by molar-refractivity contribution is 6.31. The number of carbonyl (C=O) groups excluding carboxylic acids is 2. The second-order valence-corrected chi connectivity index (χ2v) is 9.12. The molecule has 5 nitrogen and oxygen atoms in total. The largest absolute Gasteiger partial charge is 0.307 e. The van der Waals surface area contributed by atoms with Gasteiger partial charge >= 0.3 is 0 Å². The van der Waals surface area contributed by atoms with Gasteiger partial charge in [-0.1, -0.05) is 60.0 Å². The number of rotatable bonds is 7. The second-order valence-electron chi connectivity index (χ2n) is 8.25. The van der Waals surface area contributed by atoms with Gasteiger partial charge in [-0.15, -0.1) is 0 Å². The molecule has 1 aliphatic heterocycles. The van der Waals surface area contributed by atoms with E-state index in [9.17, 15) is 9.59 Å². The van der Waals surface area contributed by atoms with Crippen LogP contribution in [0, 0.1) is 0 Å². The molecule has 7 heteroatoms. The molecule has 0 radical (unpaired) electrons. The summed E-state index contributed by atoms with van der Waals surface area (Å²) in [5.41, 5.74) is 2.77. The molecule has 1 fully saturated rings. The first kappa shape index (κ1) is 23.4. The summed E-state index contributed by atoms with van der Waals surface area (Å²) >= 11 is 12.0. The van der Waals surface area contributed by atoms with Gasteiger partial charge in [-0.3, -0.25) is 14.5 Å². The van der Waals surface area contributed by atoms with E-state index in [0.29, 0.717) is 32.6 Å². The molecule has 0 bridgehead atoms. The molecule has 3 aromatic rings. The van der Waals surface area contributed by atoms with Crippen molar-refractivity contribution in [3.05, 3.63) is 93.1 Å². The highest BCUT2D eigenvalue weighted by Crippen LogP contribution is 2.21. The van der Waals surface area contributed by atoms with Gasteiger partial charge in [0.2, 0.25) is 0 Å². The predicted octanol–water partition coefficient (Wildman–Crippen LogP) is 6.05. The lowest BCUT2D eigenvalue weighted by atomic mass is 9.97. The number of hydrogen-bond donors (Lipinski definition) is 1. The second kappa shape index (κ2) is 10.9. The predicted molar refractivity (Wildman–Crippen MR) is 132 cm³/mol. The van der Waals surface area contributed by atoms with Crippen molar-refractivity contribution in [1.82, 2.24) is 9.88 Å². The van der Waals surface area contributed by atoms with Crippen LogP contribution in [0.3, 0.4) is 0 Å². The number of aromatic nitrogens is 1. The molecule has 0 spiro atoms. The Morgan fingerprint density at radius 2 is 1.64 bits per heavy atom. The Morgan fingerprint density at radius 3 is 2.33 bits per heavy atom. The average Bonchev–Trinajstić information content (AvgIpc) is 2.83. The van der Waals surface area contributed by atoms with E-state index in [4.69, 9.17) is 23.2 Å². The van der Waals surface area contributed by atoms with Crippen molar-refractivity contribution in [2.75, 3.05) is 18.4 Å². The van der Waals surface area contributed by atoms with Gasteiger partial charge in [0.1, 0.15) is 5.82 Å². The Kier molecular flexibility index (Phi) is 7.76. The molecule has 0 aliphatic carbocycles. The SMILES string of the molecule is O=C(Cc1ccc(Cl)cc1C(=O)Nc1ccc(Cl)cn1)c1ccc(CN2CCCCC2)cc1. The molecule has 0 unspecified atom stereocenters. The number of carbonyl (C=O) groups is 2. The number of halogens is 2. The van der Waals surface area contributed by atoms with Crippen LogP contribution in [0.15, 0.2) is 60.8 Å². The average molecular weight is 482 g/mol. The summed E-state index contributed by atoms with van der Waals surface area (Å²) in [6.07, 6.45) is 5.36. The van der Waals surface area contributed by atoms with E-state index in [1.165, 1.54) is 31.0 Å². The highest BCUT2D eigenvalue weighted by Gasteiger charge is 2.17. The van der Waals surface area contributed by atoms with Gasteiger partial charge in [0, 0.05) is 35.3 Å². The van der Waals surface area contributed by atoms with Gasteiger partial charge in [-0.2, -0.15) is 0 Å². The van der Waals surface area contributed by atoms with Crippen LogP contribution < -0.4 is 5.32 Å². The summed E-state index contributed by atoms with van der Waals surface area (Å²) in [4.78, 5) is 32.4. The lowest BCUT2D eigenvalue weighted by Gasteiger charge is -2.26. The number of pyridine rings is 1. The van der Waals surface area contributed by atoms with Crippen molar-refractivity contribution >= 4 is 40.7 Å². The first-order chi connectivity index (χ1) is 16.0. The first-order valence-corrected chi connectivity index (χ1v) is 11.8. The number of benzene rings is 2. The van der Waals surface area contributed by atoms with E-state index in [0.717, 1.165) is 19.6 Å².